The van der Waals surface area contributed by atoms with Crippen LogP contribution in [0.25, 0.3) is 0 Å². The number of rotatable bonds is 3. The number of aliphatic hydroxyl groups excluding tert-OH is 3. The molecular formula is C9H12IN3O5. The summed E-state index contributed by atoms with van der Waals surface area (Å²) < 4.78 is 7.10. The van der Waals surface area contributed by atoms with Gasteiger partial charge in [0, 0.05) is 0 Å². The van der Waals surface area contributed by atoms with Crippen LogP contribution in [-0.2, 0) is 4.74 Å². The van der Waals surface area contributed by atoms with Gasteiger partial charge in [0.05, 0.1) is 12.9 Å². The highest BCUT2D eigenvalue weighted by Gasteiger charge is 2.44. The predicted molar refractivity (Wildman–Crippen MR) is 66.5 cm³/mol. The highest BCUT2D eigenvalue weighted by molar-refractivity contribution is 14.1. The Hall–Kier alpha value is -0.750. The van der Waals surface area contributed by atoms with Crippen molar-refractivity contribution in [3.8, 4) is 0 Å². The number of aromatic nitrogens is 2. The zero-order valence-corrected chi connectivity index (χ0v) is 11.3. The molecule has 0 aromatic carbocycles. The Kier molecular flexibility index (Phi) is 3.87. The SMILES string of the molecule is NC(=O)c1ncn(C2OC(CO)C(O)C2O)c1I. The van der Waals surface area contributed by atoms with Crippen LogP contribution in [0.1, 0.15) is 16.7 Å². The van der Waals surface area contributed by atoms with Gasteiger partial charge >= 0.3 is 0 Å². The first-order valence-corrected chi connectivity index (χ1v) is 6.19. The second kappa shape index (κ2) is 5.09. The molecule has 1 fully saturated rings. The van der Waals surface area contributed by atoms with Crippen molar-refractivity contribution >= 4 is 28.5 Å². The van der Waals surface area contributed by atoms with Crippen LogP contribution in [0.4, 0.5) is 0 Å². The van der Waals surface area contributed by atoms with Crippen LogP contribution in [0.5, 0.6) is 0 Å². The van der Waals surface area contributed by atoms with Gasteiger partial charge in [0.25, 0.3) is 5.91 Å². The number of halogens is 1. The van der Waals surface area contributed by atoms with Gasteiger partial charge in [0.15, 0.2) is 11.9 Å². The number of carbonyl (C=O) groups excluding carboxylic acids is 1. The summed E-state index contributed by atoms with van der Waals surface area (Å²) >= 11 is 1.84. The van der Waals surface area contributed by atoms with Crippen molar-refractivity contribution in [1.29, 1.82) is 0 Å². The number of nitrogens with zero attached hydrogens (tertiary/aromatic N) is 2. The van der Waals surface area contributed by atoms with Crippen LogP contribution in [-0.4, -0.2) is 55.7 Å². The molecular weight excluding hydrogens is 357 g/mol. The zero-order chi connectivity index (χ0) is 13.4. The maximum Gasteiger partial charge on any atom is 0.270 e. The largest absolute Gasteiger partial charge is 0.394 e. The van der Waals surface area contributed by atoms with Crippen LogP contribution in [0.2, 0.25) is 0 Å². The molecule has 1 amide bonds. The number of amides is 1. The van der Waals surface area contributed by atoms with Crippen LogP contribution >= 0.6 is 22.6 Å². The molecule has 4 unspecified atom stereocenters. The lowest BCUT2D eigenvalue weighted by molar-refractivity contribution is -0.0539. The lowest BCUT2D eigenvalue weighted by Gasteiger charge is -2.17. The van der Waals surface area contributed by atoms with E-state index in [-0.39, 0.29) is 5.69 Å². The molecule has 0 saturated carbocycles. The predicted octanol–water partition coefficient (Wildman–Crippen LogP) is -1.80. The Morgan fingerprint density at radius 1 is 1.56 bits per heavy atom. The molecule has 0 spiro atoms. The van der Waals surface area contributed by atoms with E-state index < -0.39 is 37.1 Å². The molecule has 0 radical (unpaired) electrons. The van der Waals surface area contributed by atoms with Crippen molar-refractivity contribution in [3.63, 3.8) is 0 Å². The van der Waals surface area contributed by atoms with Crippen molar-refractivity contribution in [3.05, 3.63) is 15.7 Å². The third-order valence-electron chi connectivity index (χ3n) is 2.76. The minimum atomic E-state index is -1.22. The Balaban J connectivity index is 2.30. The number of ether oxygens (including phenoxy) is 1. The van der Waals surface area contributed by atoms with E-state index >= 15 is 0 Å². The van der Waals surface area contributed by atoms with E-state index in [9.17, 15) is 15.0 Å². The number of imidazole rings is 1. The van der Waals surface area contributed by atoms with E-state index in [0.717, 1.165) is 0 Å². The molecule has 1 aliphatic rings. The molecule has 9 heteroatoms. The van der Waals surface area contributed by atoms with E-state index in [1.807, 2.05) is 22.6 Å². The van der Waals surface area contributed by atoms with Gasteiger partial charge in [0.1, 0.15) is 22.0 Å². The Morgan fingerprint density at radius 3 is 2.67 bits per heavy atom. The fourth-order valence-corrected chi connectivity index (χ4v) is 2.60. The molecule has 2 rings (SSSR count). The van der Waals surface area contributed by atoms with E-state index in [1.165, 1.54) is 10.9 Å². The first-order chi connectivity index (χ1) is 8.47. The summed E-state index contributed by atoms with van der Waals surface area (Å²) in [6.45, 7) is -0.414. The molecule has 1 aromatic rings. The monoisotopic (exact) mass is 369 g/mol. The molecule has 4 atom stereocenters. The summed E-state index contributed by atoms with van der Waals surface area (Å²) in [7, 11) is 0. The molecule has 100 valence electrons. The molecule has 1 saturated heterocycles. The topological polar surface area (TPSA) is 131 Å². The van der Waals surface area contributed by atoms with E-state index in [1.54, 1.807) is 0 Å². The van der Waals surface area contributed by atoms with Crippen molar-refractivity contribution in [2.45, 2.75) is 24.5 Å². The summed E-state index contributed by atoms with van der Waals surface area (Å²) in [6, 6.07) is 0. The molecule has 2 heterocycles. The minimum absolute atomic E-state index is 0.0633. The van der Waals surface area contributed by atoms with Gasteiger partial charge in [-0.2, -0.15) is 0 Å². The number of primary amides is 1. The fraction of sp³-hybridized carbons (Fsp3) is 0.556. The Bertz CT molecular complexity index is 465. The van der Waals surface area contributed by atoms with Crippen molar-refractivity contribution in [2.24, 2.45) is 5.73 Å². The van der Waals surface area contributed by atoms with Crippen LogP contribution in [0, 0.1) is 3.70 Å². The van der Waals surface area contributed by atoms with E-state index in [2.05, 4.69) is 4.98 Å². The van der Waals surface area contributed by atoms with Gasteiger partial charge in [-0.15, -0.1) is 0 Å². The van der Waals surface area contributed by atoms with Gasteiger partial charge in [0.2, 0.25) is 0 Å². The average molecular weight is 369 g/mol. The number of hydrogen-bond acceptors (Lipinski definition) is 6. The summed E-state index contributed by atoms with van der Waals surface area (Å²) in [5.41, 5.74) is 5.19. The maximum absolute atomic E-state index is 11.1. The lowest BCUT2D eigenvalue weighted by atomic mass is 10.1. The third kappa shape index (κ3) is 2.12. The van der Waals surface area contributed by atoms with Gasteiger partial charge in [-0.25, -0.2) is 4.98 Å². The zero-order valence-electron chi connectivity index (χ0n) is 9.10. The smallest absolute Gasteiger partial charge is 0.270 e. The normalized spacial score (nSPS) is 31.8. The first-order valence-electron chi connectivity index (χ1n) is 5.12. The molecule has 8 nitrogen and oxygen atoms in total. The highest BCUT2D eigenvalue weighted by Crippen LogP contribution is 2.31. The average Bonchev–Trinajstić information content (AvgIpc) is 2.82. The highest BCUT2D eigenvalue weighted by atomic mass is 127. The standard InChI is InChI=1S/C9H12IN3O5/c10-7-4(8(11)17)12-2-13(7)9-6(16)5(15)3(1-14)18-9/h2-3,5-6,9,14-16H,1H2,(H2,11,17). The summed E-state index contributed by atoms with van der Waals surface area (Å²) in [5.74, 6) is -0.690. The van der Waals surface area contributed by atoms with E-state index in [0.29, 0.717) is 3.70 Å². The minimum Gasteiger partial charge on any atom is -0.394 e. The third-order valence-corrected chi connectivity index (χ3v) is 3.83. The fourth-order valence-electron chi connectivity index (χ4n) is 1.80. The Morgan fingerprint density at radius 2 is 2.22 bits per heavy atom. The van der Waals surface area contributed by atoms with Gasteiger partial charge < -0.3 is 25.8 Å². The number of nitrogens with two attached hydrogens (primary N) is 1. The van der Waals surface area contributed by atoms with Crippen LogP contribution in [0.15, 0.2) is 6.33 Å². The van der Waals surface area contributed by atoms with Crippen LogP contribution in [0.3, 0.4) is 0 Å². The van der Waals surface area contributed by atoms with Gasteiger partial charge in [-0.05, 0) is 22.6 Å². The molecule has 0 aliphatic carbocycles. The quantitative estimate of drug-likeness (QED) is 0.465. The van der Waals surface area contributed by atoms with Crippen molar-refractivity contribution in [1.82, 2.24) is 9.55 Å². The van der Waals surface area contributed by atoms with Crippen LogP contribution < -0.4 is 5.73 Å². The second-order valence-electron chi connectivity index (χ2n) is 3.88. The number of hydrogen-bond donors (Lipinski definition) is 4. The van der Waals surface area contributed by atoms with Gasteiger partial charge in [-0.3, -0.25) is 9.36 Å². The lowest BCUT2D eigenvalue weighted by Crippen LogP contribution is -2.33. The molecule has 18 heavy (non-hydrogen) atoms. The van der Waals surface area contributed by atoms with Crippen molar-refractivity contribution in [2.75, 3.05) is 6.61 Å². The van der Waals surface area contributed by atoms with E-state index in [4.69, 9.17) is 15.6 Å². The maximum atomic E-state index is 11.1. The van der Waals surface area contributed by atoms with Crippen molar-refractivity contribution < 1.29 is 24.9 Å². The molecule has 1 aromatic heterocycles. The Labute approximate surface area is 116 Å². The first kappa shape index (κ1) is 13.7. The second-order valence-corrected chi connectivity index (χ2v) is 4.91. The molecule has 0 bridgehead atoms. The summed E-state index contributed by atoms with van der Waals surface area (Å²) in [4.78, 5) is 14.9. The van der Waals surface area contributed by atoms with Gasteiger partial charge in [-0.1, -0.05) is 0 Å². The summed E-state index contributed by atoms with van der Waals surface area (Å²) in [5, 5.41) is 28.4. The molecule has 5 N–H and O–H groups in total. The number of aliphatic hydroxyl groups is 3. The number of carbonyl (C=O) groups is 1. The summed E-state index contributed by atoms with van der Waals surface area (Å²) in [6.07, 6.45) is -2.91. The molecule has 1 aliphatic heterocycles.